The van der Waals surface area contributed by atoms with Crippen molar-refractivity contribution in [3.8, 4) is 0 Å². The number of nitrogens with two attached hydrogens (primary N) is 1. The van der Waals surface area contributed by atoms with Gasteiger partial charge in [0.1, 0.15) is 11.6 Å². The molecule has 0 unspecified atom stereocenters. The Labute approximate surface area is 81.7 Å². The van der Waals surface area contributed by atoms with Gasteiger partial charge in [0.05, 0.1) is 6.61 Å². The third-order valence-electron chi connectivity index (χ3n) is 1.77. The molecule has 0 bridgehead atoms. The van der Waals surface area contributed by atoms with Gasteiger partial charge in [0.15, 0.2) is 0 Å². The zero-order valence-corrected chi connectivity index (χ0v) is 7.80. The van der Waals surface area contributed by atoms with E-state index >= 15 is 0 Å². The van der Waals surface area contributed by atoms with Crippen molar-refractivity contribution >= 4 is 0 Å². The molecule has 0 atom stereocenters. The Morgan fingerprint density at radius 1 is 1.29 bits per heavy atom. The minimum Gasteiger partial charge on any atom is -0.377 e. The molecule has 0 saturated carbocycles. The molecule has 1 rings (SSSR count). The lowest BCUT2D eigenvalue weighted by Crippen LogP contribution is -2.05. The van der Waals surface area contributed by atoms with Gasteiger partial charge in [-0.2, -0.15) is 0 Å². The third-order valence-corrected chi connectivity index (χ3v) is 1.77. The van der Waals surface area contributed by atoms with Crippen molar-refractivity contribution in [2.45, 2.75) is 13.0 Å². The summed E-state index contributed by atoms with van der Waals surface area (Å²) in [5.74, 6) is -1.15. The summed E-state index contributed by atoms with van der Waals surface area (Å²) in [6, 6.07) is 3.44. The van der Waals surface area contributed by atoms with E-state index in [1.165, 1.54) is 12.1 Å². The molecule has 0 fully saturated rings. The van der Waals surface area contributed by atoms with Crippen LogP contribution in [-0.2, 0) is 11.3 Å². The van der Waals surface area contributed by atoms with Crippen LogP contribution in [0, 0.1) is 11.6 Å². The Bertz CT molecular complexity index is 291. The van der Waals surface area contributed by atoms with Crippen LogP contribution in [0.25, 0.3) is 0 Å². The summed E-state index contributed by atoms with van der Waals surface area (Å²) in [6.45, 7) is 1.20. The van der Waals surface area contributed by atoms with Crippen LogP contribution in [0.2, 0.25) is 0 Å². The van der Waals surface area contributed by atoms with Crippen molar-refractivity contribution in [2.24, 2.45) is 5.73 Å². The normalized spacial score (nSPS) is 10.5. The molecule has 4 heteroatoms. The van der Waals surface area contributed by atoms with E-state index in [1.54, 1.807) is 0 Å². The Balaban J connectivity index is 2.42. The van der Waals surface area contributed by atoms with E-state index in [0.717, 1.165) is 12.5 Å². The topological polar surface area (TPSA) is 35.2 Å². The second-order valence-corrected chi connectivity index (χ2v) is 2.93. The van der Waals surface area contributed by atoms with Crippen LogP contribution in [0.1, 0.15) is 12.0 Å². The van der Waals surface area contributed by atoms with E-state index in [9.17, 15) is 8.78 Å². The summed E-state index contributed by atoms with van der Waals surface area (Å²) in [5.41, 5.74) is 5.62. The van der Waals surface area contributed by atoms with Crippen molar-refractivity contribution in [2.75, 3.05) is 13.2 Å². The van der Waals surface area contributed by atoms with E-state index in [2.05, 4.69) is 0 Å². The first kappa shape index (κ1) is 11.1. The van der Waals surface area contributed by atoms with Gasteiger partial charge >= 0.3 is 0 Å². The summed E-state index contributed by atoms with van der Waals surface area (Å²) in [7, 11) is 0. The average molecular weight is 201 g/mol. The van der Waals surface area contributed by atoms with Crippen LogP contribution in [0.15, 0.2) is 18.2 Å². The molecule has 0 aliphatic carbocycles. The molecule has 0 aromatic heterocycles. The molecular formula is C10H13F2NO. The molecule has 0 amide bonds. The highest BCUT2D eigenvalue weighted by molar-refractivity contribution is 5.17. The van der Waals surface area contributed by atoms with Gasteiger partial charge in [0, 0.05) is 18.2 Å². The maximum Gasteiger partial charge on any atom is 0.131 e. The van der Waals surface area contributed by atoms with Gasteiger partial charge in [-0.1, -0.05) is 6.07 Å². The Morgan fingerprint density at radius 2 is 2.07 bits per heavy atom. The molecule has 14 heavy (non-hydrogen) atoms. The smallest absolute Gasteiger partial charge is 0.131 e. The number of rotatable bonds is 5. The van der Waals surface area contributed by atoms with Crippen LogP contribution in [0.3, 0.4) is 0 Å². The van der Waals surface area contributed by atoms with Crippen molar-refractivity contribution < 1.29 is 13.5 Å². The largest absolute Gasteiger partial charge is 0.377 e. The molecular weight excluding hydrogens is 188 g/mol. The molecule has 78 valence electrons. The Morgan fingerprint density at radius 3 is 2.71 bits per heavy atom. The van der Waals surface area contributed by atoms with Gasteiger partial charge in [0.25, 0.3) is 0 Å². The number of benzene rings is 1. The average Bonchev–Trinajstić information content (AvgIpc) is 2.15. The summed E-state index contributed by atoms with van der Waals surface area (Å²) in [4.78, 5) is 0. The van der Waals surface area contributed by atoms with E-state index in [4.69, 9.17) is 10.5 Å². The quantitative estimate of drug-likeness (QED) is 0.737. The van der Waals surface area contributed by atoms with E-state index in [0.29, 0.717) is 18.7 Å². The minimum absolute atomic E-state index is 0.159. The zero-order valence-electron chi connectivity index (χ0n) is 7.80. The van der Waals surface area contributed by atoms with Crippen molar-refractivity contribution in [1.82, 2.24) is 0 Å². The van der Waals surface area contributed by atoms with Gasteiger partial charge in [-0.25, -0.2) is 8.78 Å². The zero-order chi connectivity index (χ0) is 10.4. The van der Waals surface area contributed by atoms with Gasteiger partial charge < -0.3 is 10.5 Å². The Hall–Kier alpha value is -1.00. The maximum absolute atomic E-state index is 13.0. The number of ether oxygens (including phenoxy) is 1. The first-order chi connectivity index (χ1) is 6.74. The summed E-state index contributed by atoms with van der Waals surface area (Å²) >= 11 is 0. The van der Waals surface area contributed by atoms with E-state index in [1.807, 2.05) is 0 Å². The lowest BCUT2D eigenvalue weighted by Gasteiger charge is -2.04. The first-order valence-electron chi connectivity index (χ1n) is 4.46. The predicted octanol–water partition coefficient (Wildman–Crippen LogP) is 1.83. The minimum atomic E-state index is -0.576. The fourth-order valence-electron chi connectivity index (χ4n) is 1.01. The van der Waals surface area contributed by atoms with Crippen molar-refractivity contribution in [3.05, 3.63) is 35.4 Å². The van der Waals surface area contributed by atoms with Crippen LogP contribution < -0.4 is 5.73 Å². The second kappa shape index (κ2) is 5.67. The van der Waals surface area contributed by atoms with E-state index < -0.39 is 11.6 Å². The van der Waals surface area contributed by atoms with Gasteiger partial charge in [-0.15, -0.1) is 0 Å². The summed E-state index contributed by atoms with van der Waals surface area (Å²) in [5, 5.41) is 0. The van der Waals surface area contributed by atoms with Crippen LogP contribution in [0.4, 0.5) is 8.78 Å². The SMILES string of the molecule is NCCCOCc1ccc(F)cc1F. The standard InChI is InChI=1S/C10H13F2NO/c11-9-3-2-8(10(12)6-9)7-14-5-1-4-13/h2-3,6H,1,4-5,7,13H2. The number of hydrogen-bond donors (Lipinski definition) is 1. The second-order valence-electron chi connectivity index (χ2n) is 2.93. The third kappa shape index (κ3) is 3.40. The predicted molar refractivity (Wildman–Crippen MR) is 49.7 cm³/mol. The molecule has 0 aliphatic rings. The van der Waals surface area contributed by atoms with Crippen LogP contribution in [0.5, 0.6) is 0 Å². The van der Waals surface area contributed by atoms with E-state index in [-0.39, 0.29) is 6.61 Å². The fraction of sp³-hybridized carbons (Fsp3) is 0.400. The lowest BCUT2D eigenvalue weighted by atomic mass is 10.2. The monoisotopic (exact) mass is 201 g/mol. The Kier molecular flexibility index (Phi) is 4.49. The van der Waals surface area contributed by atoms with Gasteiger partial charge in [-0.3, -0.25) is 0 Å². The molecule has 0 aliphatic heterocycles. The first-order valence-corrected chi connectivity index (χ1v) is 4.46. The van der Waals surface area contributed by atoms with Crippen molar-refractivity contribution in [3.63, 3.8) is 0 Å². The highest BCUT2D eigenvalue weighted by Gasteiger charge is 2.02. The van der Waals surface area contributed by atoms with Crippen LogP contribution >= 0.6 is 0 Å². The van der Waals surface area contributed by atoms with Crippen molar-refractivity contribution in [1.29, 1.82) is 0 Å². The number of halogens is 2. The summed E-state index contributed by atoms with van der Waals surface area (Å²) in [6.07, 6.45) is 0.739. The highest BCUT2D eigenvalue weighted by Crippen LogP contribution is 2.10. The van der Waals surface area contributed by atoms with Gasteiger partial charge in [0.2, 0.25) is 0 Å². The maximum atomic E-state index is 13.0. The molecule has 0 heterocycles. The molecule has 0 saturated heterocycles. The summed E-state index contributed by atoms with van der Waals surface area (Å²) < 4.78 is 30.6. The number of hydrogen-bond acceptors (Lipinski definition) is 2. The molecule has 1 aromatic rings. The molecule has 2 N–H and O–H groups in total. The molecule has 2 nitrogen and oxygen atoms in total. The van der Waals surface area contributed by atoms with Crippen LogP contribution in [-0.4, -0.2) is 13.2 Å². The fourth-order valence-corrected chi connectivity index (χ4v) is 1.01. The molecule has 1 aromatic carbocycles. The molecule has 0 radical (unpaired) electrons. The highest BCUT2D eigenvalue weighted by atomic mass is 19.1. The van der Waals surface area contributed by atoms with Gasteiger partial charge in [-0.05, 0) is 19.0 Å². The molecule has 0 spiro atoms. The lowest BCUT2D eigenvalue weighted by molar-refractivity contribution is 0.117.